The molecule has 64 heavy (non-hydrogen) atoms. The van der Waals surface area contributed by atoms with Crippen LogP contribution in [-0.4, -0.2) is 105 Å². The van der Waals surface area contributed by atoms with Crippen molar-refractivity contribution in [2.24, 2.45) is 0 Å². The van der Waals surface area contributed by atoms with Crippen molar-refractivity contribution in [3.8, 4) is 22.3 Å². The molecule has 2 aliphatic heterocycles. The minimum atomic E-state index is 0.743. The van der Waals surface area contributed by atoms with Gasteiger partial charge < -0.3 is 9.97 Å². The van der Waals surface area contributed by atoms with Gasteiger partial charge in [-0.3, -0.25) is 17.9 Å². The quantitative estimate of drug-likeness (QED) is 0.150. The normalized spacial score (nSPS) is 13.5. The Bertz CT molecular complexity index is 2920. The molecule has 8 nitrogen and oxygen atoms in total. The van der Waals surface area contributed by atoms with Gasteiger partial charge in [-0.2, -0.15) is 0 Å². The van der Waals surface area contributed by atoms with E-state index < -0.39 is 0 Å². The maximum Gasteiger partial charge on any atom is 0.132 e. The summed E-state index contributed by atoms with van der Waals surface area (Å²) in [7, 11) is 26.4. The minimum Gasteiger partial charge on any atom is -0.355 e. The molecule has 4 aromatic carbocycles. The van der Waals surface area contributed by atoms with E-state index in [2.05, 4.69) is 240 Å². The van der Waals surface area contributed by atoms with Crippen LogP contribution in [0, 0.1) is 0 Å². The Balaban J connectivity index is 1.32. The van der Waals surface area contributed by atoms with E-state index in [4.69, 9.17) is 9.97 Å². The van der Waals surface area contributed by atoms with Crippen molar-refractivity contribution in [1.29, 1.82) is 0 Å². The summed E-state index contributed by atoms with van der Waals surface area (Å²) in [6, 6.07) is 48.9. The molecular weight excluding hydrogens is 785 g/mol. The van der Waals surface area contributed by atoms with Crippen molar-refractivity contribution < 1.29 is 0 Å². The van der Waals surface area contributed by atoms with E-state index >= 15 is 0 Å². The lowest BCUT2D eigenvalue weighted by atomic mass is 10.0. The van der Waals surface area contributed by atoms with Crippen LogP contribution in [0.5, 0.6) is 0 Å². The van der Waals surface area contributed by atoms with Crippen LogP contribution in [-0.2, 0) is 0 Å². The average molecular weight is 847 g/mol. The van der Waals surface area contributed by atoms with Crippen LogP contribution in [0.4, 0.5) is 22.7 Å². The second-order valence-electron chi connectivity index (χ2n) is 20.9. The summed E-state index contributed by atoms with van der Waals surface area (Å²) < 4.78 is 2.97. The highest BCUT2D eigenvalue weighted by Crippen LogP contribution is 2.37. The standard InChI is InChI=1S/C56H62N8/c1-61(2,3)45-21-13-37(14-22-45)49-29-41-34-54-51(39-17-25-47(26-18-39)63(7,8)9)31-43(59-54)36-56-52(40-19-27-48(28-20-40)64(10,11)12)32-44(60-56)35-55-50(30-42(58-55)33-53(49)57-41)38-15-23-46(24-16-38)62(4,5)6/h13-36,57,60H,1-12H3/q+4. The average Bonchev–Trinajstić information content (AvgIpc) is 4.03. The number of nitrogens with zero attached hydrogens (tertiary/aromatic N) is 6. The third kappa shape index (κ3) is 8.66. The minimum absolute atomic E-state index is 0.743. The predicted octanol–water partition coefficient (Wildman–Crippen LogP) is 11.6. The van der Waals surface area contributed by atoms with Crippen LogP contribution in [0.15, 0.2) is 133 Å². The molecule has 322 valence electrons. The van der Waals surface area contributed by atoms with E-state index in [1.54, 1.807) is 0 Å². The number of nitrogens with one attached hydrogen (secondary N) is 2. The Morgan fingerprint density at radius 2 is 0.609 bits per heavy atom. The number of hydrogen-bond acceptors (Lipinski definition) is 2. The first kappa shape index (κ1) is 42.6. The monoisotopic (exact) mass is 847 g/mol. The number of aromatic amines is 2. The molecule has 5 heterocycles. The van der Waals surface area contributed by atoms with Crippen molar-refractivity contribution in [3.05, 3.63) is 167 Å². The molecule has 2 N–H and O–H groups in total. The van der Waals surface area contributed by atoms with Gasteiger partial charge in [-0.1, -0.05) is 0 Å². The summed E-state index contributed by atoms with van der Waals surface area (Å²) in [5.41, 5.74) is 21.3. The number of aromatic nitrogens is 4. The highest BCUT2D eigenvalue weighted by molar-refractivity contribution is 5.98. The van der Waals surface area contributed by atoms with Gasteiger partial charge in [0.2, 0.25) is 0 Å². The van der Waals surface area contributed by atoms with Crippen molar-refractivity contribution >= 4 is 68.1 Å². The molecule has 0 spiro atoms. The second kappa shape index (κ2) is 15.5. The van der Waals surface area contributed by atoms with Crippen LogP contribution in [0.25, 0.3) is 67.6 Å². The Kier molecular flexibility index (Phi) is 10.3. The second-order valence-corrected chi connectivity index (χ2v) is 20.9. The van der Waals surface area contributed by atoms with Gasteiger partial charge in [0.25, 0.3) is 0 Å². The van der Waals surface area contributed by atoms with Crippen molar-refractivity contribution in [2.45, 2.75) is 0 Å². The Morgan fingerprint density at radius 3 is 0.891 bits per heavy atom. The Hall–Kier alpha value is -6.68. The van der Waals surface area contributed by atoms with E-state index in [0.717, 1.165) is 107 Å². The van der Waals surface area contributed by atoms with Gasteiger partial charge >= 0.3 is 0 Å². The highest BCUT2D eigenvalue weighted by atomic mass is 15.3. The third-order valence-electron chi connectivity index (χ3n) is 12.4. The van der Waals surface area contributed by atoms with Gasteiger partial charge in [-0.25, -0.2) is 9.97 Å². The largest absolute Gasteiger partial charge is 0.355 e. The van der Waals surface area contributed by atoms with E-state index in [1.165, 1.54) is 22.7 Å². The number of H-pyrrole nitrogens is 2. The predicted molar refractivity (Wildman–Crippen MR) is 277 cm³/mol. The van der Waals surface area contributed by atoms with Crippen LogP contribution in [0.1, 0.15) is 33.9 Å². The van der Waals surface area contributed by atoms with Crippen LogP contribution in [0.2, 0.25) is 0 Å². The molecule has 0 unspecified atom stereocenters. The summed E-state index contributed by atoms with van der Waals surface area (Å²) in [4.78, 5) is 18.4. The maximum atomic E-state index is 5.37. The smallest absolute Gasteiger partial charge is 0.132 e. The molecule has 9 rings (SSSR count). The first-order valence-electron chi connectivity index (χ1n) is 22.1. The lowest BCUT2D eigenvalue weighted by Crippen LogP contribution is -2.34. The lowest BCUT2D eigenvalue weighted by molar-refractivity contribution is 0.486. The molecule has 2 aliphatic rings. The molecule has 0 saturated heterocycles. The number of hydrogen-bond donors (Lipinski definition) is 2. The van der Waals surface area contributed by atoms with Gasteiger partial charge in [-0.15, -0.1) is 0 Å². The number of fused-ring (bicyclic) bond motifs is 8. The fourth-order valence-corrected chi connectivity index (χ4v) is 8.53. The van der Waals surface area contributed by atoms with E-state index in [0.29, 0.717) is 0 Å². The Labute approximate surface area is 378 Å². The van der Waals surface area contributed by atoms with Crippen LogP contribution < -0.4 is 17.9 Å². The zero-order valence-corrected chi connectivity index (χ0v) is 39.5. The van der Waals surface area contributed by atoms with E-state index in [9.17, 15) is 0 Å². The fraction of sp³-hybridized carbons (Fsp3) is 0.214. The zero-order valence-electron chi connectivity index (χ0n) is 39.5. The number of quaternary nitrogens is 4. The maximum absolute atomic E-state index is 5.37. The highest BCUT2D eigenvalue weighted by Gasteiger charge is 2.21. The summed E-state index contributed by atoms with van der Waals surface area (Å²) in [5.74, 6) is 0. The van der Waals surface area contributed by atoms with Crippen LogP contribution >= 0.6 is 0 Å². The summed E-state index contributed by atoms with van der Waals surface area (Å²) in [6.07, 6.45) is 4.45. The molecule has 8 bridgehead atoms. The molecule has 0 atom stereocenters. The molecular formula is C56H62N8+4. The molecule has 0 saturated carbocycles. The van der Waals surface area contributed by atoms with E-state index in [-0.39, 0.29) is 0 Å². The molecule has 0 radical (unpaired) electrons. The first-order chi connectivity index (χ1) is 30.2. The Morgan fingerprint density at radius 1 is 0.328 bits per heavy atom. The molecule has 8 heteroatoms. The van der Waals surface area contributed by atoms with Gasteiger partial charge in [0, 0.05) is 44.3 Å². The number of benzene rings is 4. The lowest BCUT2D eigenvalue weighted by Gasteiger charge is -2.23. The summed E-state index contributed by atoms with van der Waals surface area (Å²) in [5, 5.41) is 0. The summed E-state index contributed by atoms with van der Waals surface area (Å²) in [6.45, 7) is 0. The van der Waals surface area contributed by atoms with Gasteiger partial charge in [-0.05, 0) is 168 Å². The fourth-order valence-electron chi connectivity index (χ4n) is 8.53. The van der Waals surface area contributed by atoms with E-state index in [1.807, 2.05) is 0 Å². The first-order valence-corrected chi connectivity index (χ1v) is 22.1. The van der Waals surface area contributed by atoms with Gasteiger partial charge in [0.15, 0.2) is 0 Å². The molecule has 0 amide bonds. The third-order valence-corrected chi connectivity index (χ3v) is 12.4. The van der Waals surface area contributed by atoms with Crippen molar-refractivity contribution in [1.82, 2.24) is 37.9 Å². The van der Waals surface area contributed by atoms with Gasteiger partial charge in [0.1, 0.15) is 22.7 Å². The SMILES string of the molecule is C[N+](C)(C)c1ccc(C2=Cc3cc4[nH]c(cc5nc(cc6[nH]c(cc2n3)cc6-c2ccc([N+](C)(C)C)cc2)C=C5c2ccc([N+](C)(C)C)cc2)cc4-c2ccc([N+](C)(C)C)cc2)cc1. The topological polar surface area (TPSA) is 57.4 Å². The molecule has 0 aliphatic carbocycles. The summed E-state index contributed by atoms with van der Waals surface area (Å²) >= 11 is 0. The molecule has 7 aromatic rings. The van der Waals surface area contributed by atoms with Crippen LogP contribution in [0.3, 0.4) is 0 Å². The van der Waals surface area contributed by atoms with Crippen molar-refractivity contribution in [2.75, 3.05) is 84.6 Å². The zero-order chi connectivity index (χ0) is 45.3. The molecule has 3 aromatic heterocycles. The number of rotatable bonds is 8. The van der Waals surface area contributed by atoms with Gasteiger partial charge in [0.05, 0.1) is 107 Å². The molecule has 0 fully saturated rings. The van der Waals surface area contributed by atoms with Crippen molar-refractivity contribution in [3.63, 3.8) is 0 Å².